The summed E-state index contributed by atoms with van der Waals surface area (Å²) in [7, 11) is 0. The zero-order valence-corrected chi connectivity index (χ0v) is 9.27. The van der Waals surface area contributed by atoms with Gasteiger partial charge in [-0.3, -0.25) is 0 Å². The minimum atomic E-state index is 0.588. The van der Waals surface area contributed by atoms with Crippen molar-refractivity contribution in [3.05, 3.63) is 36.3 Å². The number of hydrogen-bond acceptors (Lipinski definition) is 2. The molecule has 0 bridgehead atoms. The van der Waals surface area contributed by atoms with Gasteiger partial charge in [-0.2, -0.15) is 0 Å². The molecule has 1 aromatic carbocycles. The molecular formula is C13H16N2. The largest absolute Gasteiger partial charge is 0.244 e. The standard InChI is InChI=1S/C13H16N2/c1-3-5-10(2)11-6-4-7-13-12(11)8-14-9-15-13/h4,6-10H,3,5H2,1-2H3. The Morgan fingerprint density at radius 2 is 2.20 bits per heavy atom. The van der Waals surface area contributed by atoms with Crippen molar-refractivity contribution in [1.29, 1.82) is 0 Å². The van der Waals surface area contributed by atoms with Crippen LogP contribution in [0.3, 0.4) is 0 Å². The molecule has 0 saturated carbocycles. The van der Waals surface area contributed by atoms with Crippen LogP contribution in [-0.4, -0.2) is 9.97 Å². The predicted octanol–water partition coefficient (Wildman–Crippen LogP) is 3.53. The molecule has 78 valence electrons. The van der Waals surface area contributed by atoms with E-state index in [-0.39, 0.29) is 0 Å². The maximum Gasteiger partial charge on any atom is 0.116 e. The third-order valence-electron chi connectivity index (χ3n) is 2.84. The minimum absolute atomic E-state index is 0.588. The molecular weight excluding hydrogens is 184 g/mol. The van der Waals surface area contributed by atoms with Gasteiger partial charge in [0.2, 0.25) is 0 Å². The summed E-state index contributed by atoms with van der Waals surface area (Å²) in [6, 6.07) is 6.31. The first-order valence-electron chi connectivity index (χ1n) is 5.51. The average molecular weight is 200 g/mol. The summed E-state index contributed by atoms with van der Waals surface area (Å²) in [6.07, 6.45) is 5.96. The number of fused-ring (bicyclic) bond motifs is 1. The van der Waals surface area contributed by atoms with E-state index in [1.807, 2.05) is 12.3 Å². The van der Waals surface area contributed by atoms with E-state index in [4.69, 9.17) is 0 Å². The highest BCUT2D eigenvalue weighted by Gasteiger charge is 2.08. The summed E-state index contributed by atoms with van der Waals surface area (Å²) in [6.45, 7) is 4.49. The van der Waals surface area contributed by atoms with E-state index in [1.165, 1.54) is 23.8 Å². The Balaban J connectivity index is 2.50. The first kappa shape index (κ1) is 10.1. The molecule has 15 heavy (non-hydrogen) atoms. The van der Waals surface area contributed by atoms with E-state index < -0.39 is 0 Å². The van der Waals surface area contributed by atoms with Crippen LogP contribution < -0.4 is 0 Å². The van der Waals surface area contributed by atoms with Gasteiger partial charge < -0.3 is 0 Å². The van der Waals surface area contributed by atoms with Gasteiger partial charge in [-0.25, -0.2) is 9.97 Å². The highest BCUT2D eigenvalue weighted by Crippen LogP contribution is 2.26. The van der Waals surface area contributed by atoms with E-state index in [9.17, 15) is 0 Å². The lowest BCUT2D eigenvalue weighted by Gasteiger charge is -2.12. The fraction of sp³-hybridized carbons (Fsp3) is 0.385. The molecule has 1 atom stereocenters. The van der Waals surface area contributed by atoms with Gasteiger partial charge in [-0.05, 0) is 24.0 Å². The van der Waals surface area contributed by atoms with E-state index in [0.29, 0.717) is 5.92 Å². The minimum Gasteiger partial charge on any atom is -0.244 e. The third kappa shape index (κ3) is 1.99. The molecule has 0 fully saturated rings. The highest BCUT2D eigenvalue weighted by molar-refractivity contribution is 5.81. The van der Waals surface area contributed by atoms with Gasteiger partial charge in [-0.15, -0.1) is 0 Å². The molecule has 0 spiro atoms. The fourth-order valence-corrected chi connectivity index (χ4v) is 2.05. The Kier molecular flexibility index (Phi) is 2.95. The molecule has 2 rings (SSSR count). The van der Waals surface area contributed by atoms with Gasteiger partial charge in [0.1, 0.15) is 6.33 Å². The van der Waals surface area contributed by atoms with Crippen molar-refractivity contribution >= 4 is 10.9 Å². The van der Waals surface area contributed by atoms with Crippen molar-refractivity contribution in [2.24, 2.45) is 0 Å². The molecule has 0 amide bonds. The zero-order chi connectivity index (χ0) is 10.7. The van der Waals surface area contributed by atoms with Crippen molar-refractivity contribution in [3.63, 3.8) is 0 Å². The van der Waals surface area contributed by atoms with Crippen LogP contribution in [0.2, 0.25) is 0 Å². The topological polar surface area (TPSA) is 25.8 Å². The van der Waals surface area contributed by atoms with Gasteiger partial charge in [0.15, 0.2) is 0 Å². The first-order valence-corrected chi connectivity index (χ1v) is 5.51. The van der Waals surface area contributed by atoms with Crippen LogP contribution in [0, 0.1) is 0 Å². The van der Waals surface area contributed by atoms with Crippen LogP contribution in [0.25, 0.3) is 10.9 Å². The van der Waals surface area contributed by atoms with Gasteiger partial charge >= 0.3 is 0 Å². The molecule has 2 nitrogen and oxygen atoms in total. The first-order chi connectivity index (χ1) is 7.33. The molecule has 1 unspecified atom stereocenters. The molecule has 0 N–H and O–H groups in total. The summed E-state index contributed by atoms with van der Waals surface area (Å²) < 4.78 is 0. The van der Waals surface area contributed by atoms with Crippen LogP contribution in [-0.2, 0) is 0 Å². The normalized spacial score (nSPS) is 12.9. The molecule has 0 aliphatic heterocycles. The number of nitrogens with zero attached hydrogens (tertiary/aromatic N) is 2. The van der Waals surface area contributed by atoms with E-state index in [1.54, 1.807) is 6.33 Å². The SMILES string of the molecule is CCCC(C)c1cccc2ncncc12. The van der Waals surface area contributed by atoms with Crippen LogP contribution in [0.5, 0.6) is 0 Å². The second-order valence-electron chi connectivity index (χ2n) is 3.99. The maximum atomic E-state index is 4.27. The number of rotatable bonds is 3. The van der Waals surface area contributed by atoms with Gasteiger partial charge in [0, 0.05) is 11.6 Å². The Morgan fingerprint density at radius 1 is 1.33 bits per heavy atom. The van der Waals surface area contributed by atoms with E-state index in [0.717, 1.165) is 5.52 Å². The molecule has 0 radical (unpaired) electrons. The van der Waals surface area contributed by atoms with E-state index in [2.05, 4.69) is 35.9 Å². The summed E-state index contributed by atoms with van der Waals surface area (Å²) in [5, 5.41) is 1.20. The second-order valence-corrected chi connectivity index (χ2v) is 3.99. The zero-order valence-electron chi connectivity index (χ0n) is 9.27. The summed E-state index contributed by atoms with van der Waals surface area (Å²) >= 11 is 0. The summed E-state index contributed by atoms with van der Waals surface area (Å²) in [5.74, 6) is 0.588. The van der Waals surface area contributed by atoms with Crippen molar-refractivity contribution in [1.82, 2.24) is 9.97 Å². The lowest BCUT2D eigenvalue weighted by molar-refractivity contribution is 0.669. The Hall–Kier alpha value is -1.44. The maximum absolute atomic E-state index is 4.27. The monoisotopic (exact) mass is 200 g/mol. The molecule has 0 aliphatic carbocycles. The molecule has 0 saturated heterocycles. The van der Waals surface area contributed by atoms with Crippen molar-refractivity contribution in [3.8, 4) is 0 Å². The summed E-state index contributed by atoms with van der Waals surface area (Å²) in [5.41, 5.74) is 2.42. The lowest BCUT2D eigenvalue weighted by atomic mass is 9.94. The van der Waals surface area contributed by atoms with Gasteiger partial charge in [0.25, 0.3) is 0 Å². The molecule has 0 aliphatic rings. The van der Waals surface area contributed by atoms with Crippen LogP contribution in [0.1, 0.15) is 38.2 Å². The van der Waals surface area contributed by atoms with Crippen molar-refractivity contribution < 1.29 is 0 Å². The molecule has 1 aromatic heterocycles. The van der Waals surface area contributed by atoms with Gasteiger partial charge in [-0.1, -0.05) is 32.4 Å². The fourth-order valence-electron chi connectivity index (χ4n) is 2.05. The number of benzene rings is 1. The average Bonchev–Trinajstić information content (AvgIpc) is 2.28. The molecule has 2 aromatic rings. The second kappa shape index (κ2) is 4.39. The predicted molar refractivity (Wildman–Crippen MR) is 62.9 cm³/mol. The third-order valence-corrected chi connectivity index (χ3v) is 2.84. The van der Waals surface area contributed by atoms with Crippen molar-refractivity contribution in [2.45, 2.75) is 32.6 Å². The van der Waals surface area contributed by atoms with E-state index >= 15 is 0 Å². The Bertz CT molecular complexity index is 446. The number of hydrogen-bond donors (Lipinski definition) is 0. The quantitative estimate of drug-likeness (QED) is 0.757. The highest BCUT2D eigenvalue weighted by atomic mass is 14.8. The summed E-state index contributed by atoms with van der Waals surface area (Å²) in [4.78, 5) is 8.38. The molecule has 2 heteroatoms. The van der Waals surface area contributed by atoms with Crippen LogP contribution in [0.15, 0.2) is 30.7 Å². The number of aromatic nitrogens is 2. The lowest BCUT2D eigenvalue weighted by Crippen LogP contribution is -1.95. The van der Waals surface area contributed by atoms with Crippen LogP contribution in [0.4, 0.5) is 0 Å². The molecule has 1 heterocycles. The Labute approximate surface area is 90.4 Å². The Morgan fingerprint density at radius 3 is 3.00 bits per heavy atom. The van der Waals surface area contributed by atoms with Gasteiger partial charge in [0.05, 0.1) is 5.52 Å². The smallest absolute Gasteiger partial charge is 0.116 e. The van der Waals surface area contributed by atoms with Crippen molar-refractivity contribution in [2.75, 3.05) is 0 Å². The van der Waals surface area contributed by atoms with Crippen LogP contribution >= 0.6 is 0 Å².